The van der Waals surface area contributed by atoms with Crippen LogP contribution in [0.25, 0.3) is 0 Å². The van der Waals surface area contributed by atoms with Gasteiger partial charge in [0, 0.05) is 43.1 Å². The van der Waals surface area contributed by atoms with Crippen LogP contribution in [0.2, 0.25) is 5.02 Å². The summed E-state index contributed by atoms with van der Waals surface area (Å²) in [6, 6.07) is 19.0. The number of methoxy groups -OCH3 is 1. The molecule has 218 valence electrons. The van der Waals surface area contributed by atoms with E-state index < -0.39 is 11.8 Å². The monoisotopic (exact) mass is 569 g/mol. The molecule has 1 saturated heterocycles. The number of rotatable bonds is 6. The molecule has 2 atom stereocenters. The van der Waals surface area contributed by atoms with Gasteiger partial charge in [-0.25, -0.2) is 0 Å². The van der Waals surface area contributed by atoms with Gasteiger partial charge in [-0.15, -0.1) is 0 Å². The normalized spacial score (nSPS) is 17.4. The number of aliphatic hydroxyl groups excluding tert-OH is 1. The van der Waals surface area contributed by atoms with Crippen molar-refractivity contribution >= 4 is 17.5 Å². The summed E-state index contributed by atoms with van der Waals surface area (Å²) < 4.78 is 5.66. The van der Waals surface area contributed by atoms with Crippen LogP contribution < -0.4 is 0 Å². The molecule has 1 amide bonds. The first-order valence-electron chi connectivity index (χ1n) is 13.8. The highest BCUT2D eigenvalue weighted by Crippen LogP contribution is 2.37. The Balaban J connectivity index is 0.000000434. The second-order valence-corrected chi connectivity index (χ2v) is 10.1. The average Bonchev–Trinajstić information content (AvgIpc) is 3.58. The van der Waals surface area contributed by atoms with E-state index in [0.717, 1.165) is 47.6 Å². The lowest BCUT2D eigenvalue weighted by molar-refractivity contribution is -0.0167. The van der Waals surface area contributed by atoms with Crippen LogP contribution in [-0.2, 0) is 16.9 Å². The molecular weight excluding hydrogens is 526 g/mol. The van der Waals surface area contributed by atoms with Crippen molar-refractivity contribution in [1.29, 1.82) is 0 Å². The third kappa shape index (κ3) is 8.85. The van der Waals surface area contributed by atoms with E-state index in [1.165, 1.54) is 12.8 Å². The van der Waals surface area contributed by atoms with E-state index in [4.69, 9.17) is 21.4 Å². The zero-order valence-electron chi connectivity index (χ0n) is 24.6. The summed E-state index contributed by atoms with van der Waals surface area (Å²) in [4.78, 5) is 21.6. The Morgan fingerprint density at radius 1 is 1.05 bits per heavy atom. The molecule has 2 unspecified atom stereocenters. The van der Waals surface area contributed by atoms with Crippen LogP contribution in [0.5, 0.6) is 0 Å². The number of β-amino-alcohol motifs (C(OH)–C–C–N with tert-alkyl or cyclic N) is 1. The molecule has 1 fully saturated rings. The van der Waals surface area contributed by atoms with Gasteiger partial charge in [-0.1, -0.05) is 61.8 Å². The van der Waals surface area contributed by atoms with Crippen LogP contribution in [-0.4, -0.2) is 64.8 Å². The summed E-state index contributed by atoms with van der Waals surface area (Å²) >= 11 is 5.54. The summed E-state index contributed by atoms with van der Waals surface area (Å²) in [6.07, 6.45) is 3.71. The molecule has 0 saturated carbocycles. The molecule has 2 aromatic carbocycles. The van der Waals surface area contributed by atoms with Gasteiger partial charge < -0.3 is 24.7 Å². The number of likely N-dealkylation sites (tertiary alicyclic amines) is 1. The highest BCUT2D eigenvalue weighted by molar-refractivity contribution is 6.30. The molecule has 0 spiro atoms. The van der Waals surface area contributed by atoms with E-state index in [1.807, 2.05) is 88.4 Å². The van der Waals surface area contributed by atoms with Crippen LogP contribution in [0.3, 0.4) is 0 Å². The van der Waals surface area contributed by atoms with E-state index in [-0.39, 0.29) is 5.91 Å². The Morgan fingerprint density at radius 3 is 2.23 bits per heavy atom. The van der Waals surface area contributed by atoms with Gasteiger partial charge in [0.2, 0.25) is 0 Å². The van der Waals surface area contributed by atoms with E-state index in [2.05, 4.69) is 9.88 Å². The molecule has 2 aliphatic heterocycles. The predicted molar refractivity (Wildman–Crippen MR) is 161 cm³/mol. The Hall–Kier alpha value is -2.81. The predicted octanol–water partition coefficient (Wildman–Crippen LogP) is 5.97. The van der Waals surface area contributed by atoms with E-state index in [9.17, 15) is 9.90 Å². The molecule has 40 heavy (non-hydrogen) atoms. The number of hydrogen-bond donors (Lipinski definition) is 2. The second-order valence-electron chi connectivity index (χ2n) is 9.70. The number of carbonyl (C=O) groups excluding carboxylic acids is 1. The first-order chi connectivity index (χ1) is 19.3. The third-order valence-electron chi connectivity index (χ3n) is 6.71. The van der Waals surface area contributed by atoms with Crippen molar-refractivity contribution in [2.75, 3.05) is 33.9 Å². The maximum absolute atomic E-state index is 13.2. The Kier molecular flexibility index (Phi) is 13.7. The topological polar surface area (TPSA) is 86.1 Å². The number of fused-ring (bicyclic) bond motifs is 1. The molecule has 8 heteroatoms. The van der Waals surface area contributed by atoms with E-state index in [1.54, 1.807) is 18.2 Å². The number of nitrogens with zero attached hydrogens (tertiary/aromatic N) is 3. The maximum Gasteiger partial charge on any atom is 0.256 e. The number of benzene rings is 2. The van der Waals surface area contributed by atoms with Gasteiger partial charge in [0.05, 0.1) is 17.8 Å². The SMILES string of the molecule is CC.CO.COC1c2ccc(C(C)(O)CN3CCCC3)cc2C(=O)N1Cc1ccc(C)cn1.Clc1ccccc1. The zero-order valence-corrected chi connectivity index (χ0v) is 25.4. The molecule has 7 nitrogen and oxygen atoms in total. The van der Waals surface area contributed by atoms with Crippen molar-refractivity contribution in [3.05, 3.63) is 99.8 Å². The first kappa shape index (κ1) is 33.4. The van der Waals surface area contributed by atoms with Gasteiger partial charge in [-0.2, -0.15) is 0 Å². The maximum atomic E-state index is 13.2. The minimum Gasteiger partial charge on any atom is -0.400 e. The number of pyridine rings is 1. The number of hydrogen-bond acceptors (Lipinski definition) is 6. The van der Waals surface area contributed by atoms with Crippen LogP contribution in [0.4, 0.5) is 0 Å². The molecule has 0 radical (unpaired) electrons. The number of aryl methyl sites for hydroxylation is 1. The largest absolute Gasteiger partial charge is 0.400 e. The second kappa shape index (κ2) is 16.5. The zero-order chi connectivity index (χ0) is 29.7. The number of halogens is 1. The smallest absolute Gasteiger partial charge is 0.256 e. The van der Waals surface area contributed by atoms with Crippen LogP contribution in [0, 0.1) is 6.92 Å². The Morgan fingerprint density at radius 2 is 1.70 bits per heavy atom. The fourth-order valence-corrected chi connectivity index (χ4v) is 4.92. The minimum absolute atomic E-state index is 0.0898. The number of carbonyl (C=O) groups is 1. The fraction of sp³-hybridized carbons (Fsp3) is 0.438. The van der Waals surface area contributed by atoms with E-state index in [0.29, 0.717) is 18.7 Å². The molecule has 2 N–H and O–H groups in total. The lowest BCUT2D eigenvalue weighted by Gasteiger charge is -2.29. The van der Waals surface area contributed by atoms with E-state index >= 15 is 0 Å². The molecule has 1 aromatic heterocycles. The molecular formula is C32H44ClN3O4. The number of aliphatic hydroxyl groups is 2. The first-order valence-corrected chi connectivity index (χ1v) is 14.2. The van der Waals surface area contributed by atoms with Crippen molar-refractivity contribution in [2.45, 2.75) is 58.9 Å². The lowest BCUT2D eigenvalue weighted by Crippen LogP contribution is -2.37. The van der Waals surface area contributed by atoms with Gasteiger partial charge in [0.25, 0.3) is 5.91 Å². The number of ether oxygens (including phenoxy) is 1. The quantitative estimate of drug-likeness (QED) is 0.380. The Labute approximate surface area is 244 Å². The van der Waals surface area contributed by atoms with Gasteiger partial charge in [0.15, 0.2) is 6.23 Å². The lowest BCUT2D eigenvalue weighted by atomic mass is 9.92. The van der Waals surface area contributed by atoms with Gasteiger partial charge in [-0.05, 0) is 75.2 Å². The van der Waals surface area contributed by atoms with Crippen molar-refractivity contribution in [1.82, 2.24) is 14.8 Å². The number of amides is 1. The fourth-order valence-electron chi connectivity index (χ4n) is 4.78. The van der Waals surface area contributed by atoms with Crippen LogP contribution in [0.1, 0.15) is 72.6 Å². The molecule has 0 aliphatic carbocycles. The van der Waals surface area contributed by atoms with Crippen molar-refractivity contribution in [2.24, 2.45) is 0 Å². The highest BCUT2D eigenvalue weighted by atomic mass is 35.5. The van der Waals surface area contributed by atoms with Crippen LogP contribution in [0.15, 0.2) is 66.9 Å². The molecule has 5 rings (SSSR count). The number of aromatic nitrogens is 1. The van der Waals surface area contributed by atoms with Crippen molar-refractivity contribution < 1.29 is 19.7 Å². The third-order valence-corrected chi connectivity index (χ3v) is 6.96. The van der Waals surface area contributed by atoms with Gasteiger partial charge in [-0.3, -0.25) is 9.78 Å². The molecule has 3 heterocycles. The average molecular weight is 570 g/mol. The summed E-state index contributed by atoms with van der Waals surface area (Å²) in [5.74, 6) is -0.0898. The standard InChI is InChI=1S/C23H29N3O3.C6H5Cl.C2H6.CH4O/c1-16-6-8-18(24-13-16)14-26-21(27)20-12-17(7-9-19(20)22(26)29-3)23(2,28)15-25-10-4-5-11-25;7-6-4-2-1-3-5-6;2*1-2/h6-9,12-13,22,28H,4-5,10-11,14-15H2,1-3H3;1-5H;1-2H3;2H,1H3. The molecule has 3 aromatic rings. The summed E-state index contributed by atoms with van der Waals surface area (Å²) in [7, 11) is 2.61. The van der Waals surface area contributed by atoms with Crippen molar-refractivity contribution in [3.63, 3.8) is 0 Å². The minimum atomic E-state index is -1.01. The highest BCUT2D eigenvalue weighted by Gasteiger charge is 2.39. The summed E-state index contributed by atoms with van der Waals surface area (Å²) in [6.45, 7) is 10.8. The van der Waals surface area contributed by atoms with Gasteiger partial charge in [0.1, 0.15) is 0 Å². The van der Waals surface area contributed by atoms with Crippen LogP contribution >= 0.6 is 11.6 Å². The van der Waals surface area contributed by atoms with Gasteiger partial charge >= 0.3 is 0 Å². The molecule has 0 bridgehead atoms. The molecule has 2 aliphatic rings. The van der Waals surface area contributed by atoms with Crippen molar-refractivity contribution in [3.8, 4) is 0 Å². The summed E-state index contributed by atoms with van der Waals surface area (Å²) in [5.41, 5.74) is 3.10. The summed E-state index contributed by atoms with van der Waals surface area (Å²) in [5, 5.41) is 18.9. The Bertz CT molecular complexity index is 1170.